The summed E-state index contributed by atoms with van der Waals surface area (Å²) in [6, 6.07) is 0. The van der Waals surface area contributed by atoms with E-state index in [4.69, 9.17) is 5.73 Å². The molecule has 2 aliphatic rings. The van der Waals surface area contributed by atoms with Gasteiger partial charge >= 0.3 is 0 Å². The number of allylic oxidation sites excluding steroid dienone is 1. The zero-order chi connectivity index (χ0) is 16.5. The number of nitrogens with zero attached hydrogens (tertiary/aromatic N) is 2. The lowest BCUT2D eigenvalue weighted by atomic mass is 10.0. The van der Waals surface area contributed by atoms with Crippen LogP contribution in [0.5, 0.6) is 0 Å². The molecule has 0 amide bonds. The fraction of sp³-hybridized carbons (Fsp3) is 0.812. The summed E-state index contributed by atoms with van der Waals surface area (Å²) in [5.74, 6) is 0.220. The number of hydrogen-bond acceptors (Lipinski definition) is 4. The van der Waals surface area contributed by atoms with Gasteiger partial charge in [-0.05, 0) is 27.2 Å². The predicted octanol–water partition coefficient (Wildman–Crippen LogP) is 1.34. The van der Waals surface area contributed by atoms with Gasteiger partial charge in [0.1, 0.15) is 6.54 Å². The molecule has 0 aliphatic carbocycles. The molecule has 0 atom stereocenters. The van der Waals surface area contributed by atoms with E-state index >= 15 is 0 Å². The Morgan fingerprint density at radius 1 is 1.32 bits per heavy atom. The summed E-state index contributed by atoms with van der Waals surface area (Å²) in [4.78, 5) is 2.21. The smallest absolute Gasteiger partial charge is 0.183 e. The highest BCUT2D eigenvalue weighted by Gasteiger charge is 2.42. The van der Waals surface area contributed by atoms with Crippen LogP contribution in [-0.2, 0) is 9.84 Å². The van der Waals surface area contributed by atoms with Crippen molar-refractivity contribution in [3.63, 3.8) is 0 Å². The molecule has 0 unspecified atom stereocenters. The molecule has 2 N–H and O–H groups in total. The molecule has 0 aromatic heterocycles. The molecule has 0 saturated carbocycles. The Morgan fingerprint density at radius 2 is 2.00 bits per heavy atom. The molecule has 0 bridgehead atoms. The first-order valence-electron chi connectivity index (χ1n) is 8.26. The molecular formula is C16H30N3O2S+. The lowest BCUT2D eigenvalue weighted by molar-refractivity contribution is -0.520. The van der Waals surface area contributed by atoms with Gasteiger partial charge < -0.3 is 10.6 Å². The minimum atomic E-state index is -3.01. The topological polar surface area (TPSA) is 66.4 Å². The van der Waals surface area contributed by atoms with Crippen LogP contribution in [0.15, 0.2) is 11.4 Å². The summed E-state index contributed by atoms with van der Waals surface area (Å²) in [6.45, 7) is 10.8. The Labute approximate surface area is 134 Å². The summed E-state index contributed by atoms with van der Waals surface area (Å²) in [7, 11) is -3.01. The lowest BCUT2D eigenvalue weighted by Crippen LogP contribution is -2.53. The third kappa shape index (κ3) is 3.16. The molecule has 126 valence electrons. The van der Waals surface area contributed by atoms with Crippen LogP contribution in [-0.4, -0.2) is 60.3 Å². The molecule has 22 heavy (non-hydrogen) atoms. The average Bonchev–Trinajstić information content (AvgIpc) is 2.44. The van der Waals surface area contributed by atoms with Gasteiger partial charge in [-0.15, -0.1) is 0 Å². The van der Waals surface area contributed by atoms with E-state index in [0.29, 0.717) is 13.1 Å². The normalized spacial score (nSPS) is 24.8. The average molecular weight is 329 g/mol. The third-order valence-corrected chi connectivity index (χ3v) is 7.43. The van der Waals surface area contributed by atoms with Crippen molar-refractivity contribution in [3.05, 3.63) is 11.4 Å². The molecule has 5 nitrogen and oxygen atoms in total. The number of sulfone groups is 1. The van der Waals surface area contributed by atoms with Crippen LogP contribution in [0.4, 0.5) is 0 Å². The van der Waals surface area contributed by atoms with E-state index in [-0.39, 0.29) is 5.75 Å². The highest BCUT2D eigenvalue weighted by atomic mass is 32.2. The quantitative estimate of drug-likeness (QED) is 0.791. The van der Waals surface area contributed by atoms with E-state index in [1.54, 1.807) is 0 Å². The first-order chi connectivity index (χ1) is 10.2. The van der Waals surface area contributed by atoms with Gasteiger partial charge in [0.15, 0.2) is 22.1 Å². The van der Waals surface area contributed by atoms with E-state index < -0.39 is 14.6 Å². The molecular weight excluding hydrogens is 298 g/mol. The van der Waals surface area contributed by atoms with Crippen LogP contribution in [0.3, 0.4) is 0 Å². The minimum absolute atomic E-state index is 0.220. The molecule has 1 fully saturated rings. The van der Waals surface area contributed by atoms with Crippen molar-refractivity contribution in [2.45, 2.75) is 51.7 Å². The Kier molecular flexibility index (Phi) is 4.90. The Bertz CT molecular complexity index is 603. The van der Waals surface area contributed by atoms with Crippen molar-refractivity contribution in [1.29, 1.82) is 0 Å². The maximum absolute atomic E-state index is 12.2. The zero-order valence-corrected chi connectivity index (χ0v) is 15.2. The lowest BCUT2D eigenvalue weighted by Gasteiger charge is -2.41. The van der Waals surface area contributed by atoms with E-state index in [9.17, 15) is 8.42 Å². The Balaban J connectivity index is 2.23. The second-order valence-electron chi connectivity index (χ2n) is 6.98. The van der Waals surface area contributed by atoms with Crippen molar-refractivity contribution < 1.29 is 13.0 Å². The van der Waals surface area contributed by atoms with E-state index in [2.05, 4.69) is 23.3 Å². The Morgan fingerprint density at radius 3 is 2.55 bits per heavy atom. The van der Waals surface area contributed by atoms with Crippen molar-refractivity contribution >= 4 is 15.5 Å². The Hall–Kier alpha value is -1.04. The highest BCUT2D eigenvalue weighted by molar-refractivity contribution is 7.92. The molecule has 2 aliphatic heterocycles. The summed E-state index contributed by atoms with van der Waals surface area (Å²) < 4.78 is 26.0. The summed E-state index contributed by atoms with van der Waals surface area (Å²) in [5.41, 5.74) is 9.80. The van der Waals surface area contributed by atoms with Gasteiger partial charge in [-0.25, -0.2) is 13.0 Å². The van der Waals surface area contributed by atoms with E-state index in [1.165, 1.54) is 5.71 Å². The molecule has 0 aromatic carbocycles. The van der Waals surface area contributed by atoms with Crippen LogP contribution in [0, 0.1) is 0 Å². The molecule has 0 aromatic rings. The van der Waals surface area contributed by atoms with E-state index in [1.807, 2.05) is 13.8 Å². The van der Waals surface area contributed by atoms with Gasteiger partial charge in [-0.1, -0.05) is 6.92 Å². The fourth-order valence-corrected chi connectivity index (χ4v) is 4.75. The molecule has 2 heterocycles. The van der Waals surface area contributed by atoms with Gasteiger partial charge in [0.2, 0.25) is 0 Å². The first kappa shape index (κ1) is 17.3. The first-order valence-corrected chi connectivity index (χ1v) is 9.91. The van der Waals surface area contributed by atoms with E-state index in [0.717, 1.165) is 43.7 Å². The maximum atomic E-state index is 12.2. The summed E-state index contributed by atoms with van der Waals surface area (Å²) in [6.07, 6.45) is 3.07. The highest BCUT2D eigenvalue weighted by Crippen LogP contribution is 2.29. The number of rotatable bonds is 4. The molecule has 1 saturated heterocycles. The van der Waals surface area contributed by atoms with Crippen molar-refractivity contribution in [1.82, 2.24) is 4.90 Å². The molecule has 0 radical (unpaired) electrons. The van der Waals surface area contributed by atoms with Crippen molar-refractivity contribution in [2.75, 3.05) is 31.9 Å². The van der Waals surface area contributed by atoms with Crippen LogP contribution >= 0.6 is 0 Å². The third-order valence-electron chi connectivity index (χ3n) is 4.90. The monoisotopic (exact) mass is 328 g/mol. The maximum Gasteiger partial charge on any atom is 0.183 e. The van der Waals surface area contributed by atoms with Crippen LogP contribution in [0.2, 0.25) is 0 Å². The molecule has 2 rings (SSSR count). The number of nitrogens with two attached hydrogens (primary N) is 1. The standard InChI is InChI=1S/C16H30N3O2S/c1-5-7-13-10-15(14(17)11-18(13)6-2)19-8-9-22(20,21)16(3,4)12-19/h5-12,17H2,1-4H3/q+1. The van der Waals surface area contributed by atoms with Gasteiger partial charge in [0, 0.05) is 25.2 Å². The summed E-state index contributed by atoms with van der Waals surface area (Å²) >= 11 is 0. The SMILES string of the molecule is CCCC1=[N+](CC)CC(N)=C(N2CCS(=O)(=O)C(C)(C)C2)C1. The van der Waals surface area contributed by atoms with Crippen molar-refractivity contribution in [3.8, 4) is 0 Å². The van der Waals surface area contributed by atoms with Crippen LogP contribution in [0.25, 0.3) is 0 Å². The van der Waals surface area contributed by atoms with Gasteiger partial charge in [0.25, 0.3) is 0 Å². The van der Waals surface area contributed by atoms with Gasteiger partial charge in [-0.2, -0.15) is 0 Å². The zero-order valence-electron chi connectivity index (χ0n) is 14.4. The molecule has 6 heteroatoms. The number of hydrogen-bond donors (Lipinski definition) is 1. The largest absolute Gasteiger partial charge is 0.395 e. The van der Waals surface area contributed by atoms with Gasteiger partial charge in [-0.3, -0.25) is 0 Å². The minimum Gasteiger partial charge on any atom is -0.395 e. The second-order valence-corrected chi connectivity index (χ2v) is 9.72. The second kappa shape index (κ2) is 6.22. The van der Waals surface area contributed by atoms with Gasteiger partial charge in [0.05, 0.1) is 22.6 Å². The van der Waals surface area contributed by atoms with Crippen molar-refractivity contribution in [2.24, 2.45) is 5.73 Å². The fourth-order valence-electron chi connectivity index (χ4n) is 3.39. The van der Waals surface area contributed by atoms with Crippen LogP contribution < -0.4 is 5.73 Å². The number of likely N-dealkylation sites (N-methyl/N-ethyl adjacent to an activating group) is 1. The summed E-state index contributed by atoms with van der Waals surface area (Å²) in [5, 5.41) is 0. The van der Waals surface area contributed by atoms with Crippen LogP contribution in [0.1, 0.15) is 47.0 Å². The predicted molar refractivity (Wildman–Crippen MR) is 90.9 cm³/mol. The molecule has 0 spiro atoms.